The number of ether oxygens (including phenoxy) is 1. The summed E-state index contributed by atoms with van der Waals surface area (Å²) in [6, 6.07) is 9.08. The van der Waals surface area contributed by atoms with E-state index in [1.807, 2.05) is 18.2 Å². The van der Waals surface area contributed by atoms with Crippen molar-refractivity contribution in [2.75, 3.05) is 19.7 Å². The van der Waals surface area contributed by atoms with Crippen molar-refractivity contribution >= 4 is 23.2 Å². The molecule has 0 amide bonds. The molecular weight excluding hydrogens is 237 g/mol. The molecule has 0 atom stereocenters. The van der Waals surface area contributed by atoms with Crippen LogP contribution in [0.4, 0.5) is 0 Å². The quantitative estimate of drug-likeness (QED) is 0.597. The minimum Gasteiger partial charge on any atom is -0.457 e. The summed E-state index contributed by atoms with van der Waals surface area (Å²) < 4.78 is 4.01. The molecule has 0 saturated carbocycles. The van der Waals surface area contributed by atoms with Crippen molar-refractivity contribution in [3.63, 3.8) is 0 Å². The monoisotopic (exact) mass is 249 g/mol. The lowest BCUT2D eigenvalue weighted by molar-refractivity contribution is 0.227. The van der Waals surface area contributed by atoms with Gasteiger partial charge in [0.2, 0.25) is 0 Å². The Morgan fingerprint density at radius 2 is 1.93 bits per heavy atom. The SMILES string of the molecule is OCCNCC(Cl)(Cl)Oc1ccccc1. The third-order valence-electron chi connectivity index (χ3n) is 1.63. The third-order valence-corrected chi connectivity index (χ3v) is 2.05. The van der Waals surface area contributed by atoms with Gasteiger partial charge in [-0.3, -0.25) is 0 Å². The lowest BCUT2D eigenvalue weighted by Crippen LogP contribution is -2.37. The minimum absolute atomic E-state index is 0.0369. The molecule has 3 nitrogen and oxygen atoms in total. The molecule has 84 valence electrons. The second-order valence-corrected chi connectivity index (χ2v) is 4.37. The molecule has 0 radical (unpaired) electrons. The zero-order valence-corrected chi connectivity index (χ0v) is 9.63. The fourth-order valence-corrected chi connectivity index (χ4v) is 1.38. The van der Waals surface area contributed by atoms with Gasteiger partial charge in [-0.2, -0.15) is 0 Å². The van der Waals surface area contributed by atoms with Gasteiger partial charge in [0.15, 0.2) is 0 Å². The maximum absolute atomic E-state index is 8.56. The first-order valence-electron chi connectivity index (χ1n) is 4.57. The summed E-state index contributed by atoms with van der Waals surface area (Å²) in [5.74, 6) is 0.605. The first-order valence-corrected chi connectivity index (χ1v) is 5.33. The Balaban J connectivity index is 2.42. The number of hydrogen-bond donors (Lipinski definition) is 2. The summed E-state index contributed by atoms with van der Waals surface area (Å²) in [5.41, 5.74) is 0. The van der Waals surface area contributed by atoms with Crippen molar-refractivity contribution in [2.45, 2.75) is 4.52 Å². The van der Waals surface area contributed by atoms with Gasteiger partial charge in [0.05, 0.1) is 13.2 Å². The Morgan fingerprint density at radius 3 is 2.53 bits per heavy atom. The van der Waals surface area contributed by atoms with E-state index in [0.29, 0.717) is 12.3 Å². The highest BCUT2D eigenvalue weighted by molar-refractivity contribution is 6.47. The van der Waals surface area contributed by atoms with E-state index in [-0.39, 0.29) is 13.2 Å². The number of para-hydroxylation sites is 1. The zero-order valence-electron chi connectivity index (χ0n) is 8.12. The molecule has 0 aliphatic carbocycles. The van der Waals surface area contributed by atoms with Crippen molar-refractivity contribution in [1.29, 1.82) is 0 Å². The van der Waals surface area contributed by atoms with Crippen LogP contribution in [-0.4, -0.2) is 29.3 Å². The molecule has 1 rings (SSSR count). The van der Waals surface area contributed by atoms with Crippen molar-refractivity contribution in [1.82, 2.24) is 5.32 Å². The van der Waals surface area contributed by atoms with Crippen LogP contribution in [0.15, 0.2) is 30.3 Å². The molecule has 0 aromatic heterocycles. The predicted molar refractivity (Wildman–Crippen MR) is 61.5 cm³/mol. The number of halogens is 2. The van der Waals surface area contributed by atoms with Crippen molar-refractivity contribution < 1.29 is 9.84 Å². The largest absolute Gasteiger partial charge is 0.457 e. The summed E-state index contributed by atoms with van der Waals surface area (Å²) in [5, 5.41) is 11.4. The Morgan fingerprint density at radius 1 is 1.27 bits per heavy atom. The second kappa shape index (κ2) is 6.18. The molecule has 0 bridgehead atoms. The maximum atomic E-state index is 8.56. The molecule has 5 heteroatoms. The molecule has 0 spiro atoms. The van der Waals surface area contributed by atoms with E-state index in [1.165, 1.54) is 0 Å². The highest BCUT2D eigenvalue weighted by Gasteiger charge is 2.25. The number of benzene rings is 1. The van der Waals surface area contributed by atoms with Crippen molar-refractivity contribution in [3.05, 3.63) is 30.3 Å². The van der Waals surface area contributed by atoms with Crippen LogP contribution in [0.3, 0.4) is 0 Å². The van der Waals surface area contributed by atoms with Gasteiger partial charge < -0.3 is 15.2 Å². The number of aliphatic hydroxyl groups is 1. The third kappa shape index (κ3) is 5.23. The van der Waals surface area contributed by atoms with Gasteiger partial charge in [-0.1, -0.05) is 41.4 Å². The molecule has 2 N–H and O–H groups in total. The number of rotatable bonds is 6. The molecule has 0 fully saturated rings. The second-order valence-electron chi connectivity index (χ2n) is 2.95. The van der Waals surface area contributed by atoms with Crippen molar-refractivity contribution in [3.8, 4) is 5.75 Å². The standard InChI is InChI=1S/C10H13Cl2NO2/c11-10(12,8-13-6-7-14)15-9-4-2-1-3-5-9/h1-5,13-14H,6-8H2. The average molecular weight is 250 g/mol. The van der Waals surface area contributed by atoms with E-state index in [9.17, 15) is 0 Å². The normalized spacial score (nSPS) is 11.4. The van der Waals surface area contributed by atoms with Crippen LogP contribution in [0.5, 0.6) is 5.75 Å². The Kier molecular flexibility index (Phi) is 5.19. The molecule has 1 aromatic carbocycles. The smallest absolute Gasteiger partial charge is 0.270 e. The van der Waals surface area contributed by atoms with Gasteiger partial charge >= 0.3 is 0 Å². The molecule has 1 aromatic rings. The van der Waals surface area contributed by atoms with Crippen molar-refractivity contribution in [2.24, 2.45) is 0 Å². The van der Waals surface area contributed by atoms with Gasteiger partial charge in [0.25, 0.3) is 4.52 Å². The maximum Gasteiger partial charge on any atom is 0.270 e. The number of hydrogen-bond acceptors (Lipinski definition) is 3. The van der Waals surface area contributed by atoms with E-state index in [4.69, 9.17) is 33.0 Å². The lowest BCUT2D eigenvalue weighted by Gasteiger charge is -2.21. The average Bonchev–Trinajstić information content (AvgIpc) is 2.18. The van der Waals surface area contributed by atoms with Crippen LogP contribution in [-0.2, 0) is 0 Å². The topological polar surface area (TPSA) is 41.5 Å². The van der Waals surface area contributed by atoms with Crippen LogP contribution in [0, 0.1) is 0 Å². The molecular formula is C10H13Cl2NO2. The van der Waals surface area contributed by atoms with E-state index in [2.05, 4.69) is 5.32 Å². The van der Waals surface area contributed by atoms with E-state index in [1.54, 1.807) is 12.1 Å². The Labute approximate surface area is 99.0 Å². The van der Waals surface area contributed by atoms with Gasteiger partial charge in [0, 0.05) is 6.54 Å². The van der Waals surface area contributed by atoms with E-state index >= 15 is 0 Å². The summed E-state index contributed by atoms with van der Waals surface area (Å²) in [4.78, 5) is 0. The molecule has 15 heavy (non-hydrogen) atoms. The predicted octanol–water partition coefficient (Wildman–Crippen LogP) is 1.78. The van der Waals surface area contributed by atoms with Crippen LogP contribution in [0.2, 0.25) is 0 Å². The Bertz CT molecular complexity index is 280. The number of nitrogens with one attached hydrogen (secondary N) is 1. The van der Waals surface area contributed by atoms with Crippen LogP contribution < -0.4 is 10.1 Å². The summed E-state index contributed by atoms with van der Waals surface area (Å²) in [6.45, 7) is 0.708. The van der Waals surface area contributed by atoms with E-state index < -0.39 is 4.52 Å². The Hall–Kier alpha value is -0.480. The minimum atomic E-state index is -1.32. The first-order chi connectivity index (χ1) is 7.14. The summed E-state index contributed by atoms with van der Waals surface area (Å²) in [7, 11) is 0. The van der Waals surface area contributed by atoms with Crippen LogP contribution in [0.1, 0.15) is 0 Å². The highest BCUT2D eigenvalue weighted by atomic mass is 35.5. The van der Waals surface area contributed by atoms with Crippen LogP contribution >= 0.6 is 23.2 Å². The van der Waals surface area contributed by atoms with E-state index in [0.717, 1.165) is 0 Å². The lowest BCUT2D eigenvalue weighted by atomic mass is 10.3. The van der Waals surface area contributed by atoms with Crippen LogP contribution in [0.25, 0.3) is 0 Å². The molecule has 0 heterocycles. The summed E-state index contributed by atoms with van der Waals surface area (Å²) >= 11 is 11.8. The molecule has 0 aliphatic rings. The van der Waals surface area contributed by atoms with Gasteiger partial charge in [-0.05, 0) is 12.1 Å². The first kappa shape index (κ1) is 12.6. The molecule has 0 aliphatic heterocycles. The highest BCUT2D eigenvalue weighted by Crippen LogP contribution is 2.25. The summed E-state index contributed by atoms with van der Waals surface area (Å²) in [6.07, 6.45) is 0. The number of aliphatic hydroxyl groups excluding tert-OH is 1. The zero-order chi connectivity index (χ0) is 11.1. The molecule has 0 saturated heterocycles. The van der Waals surface area contributed by atoms with Gasteiger partial charge in [0.1, 0.15) is 5.75 Å². The molecule has 0 unspecified atom stereocenters. The fraction of sp³-hybridized carbons (Fsp3) is 0.400. The van der Waals surface area contributed by atoms with Gasteiger partial charge in [-0.25, -0.2) is 0 Å². The number of alkyl halides is 2. The van der Waals surface area contributed by atoms with Gasteiger partial charge in [-0.15, -0.1) is 0 Å². The fourth-order valence-electron chi connectivity index (χ4n) is 1.01.